The van der Waals surface area contributed by atoms with Crippen LogP contribution in [0.1, 0.15) is 26.7 Å². The molecule has 21 heavy (non-hydrogen) atoms. The molecule has 2 rings (SSSR count). The third-order valence-corrected chi connectivity index (χ3v) is 3.43. The molecule has 1 fully saturated rings. The first kappa shape index (κ1) is 15.7. The molecule has 0 aromatic carbocycles. The fraction of sp³-hybridized carbons (Fsp3) is 0.643. The SMILES string of the molecule is CC(C)Oc1nc(N2CCCC(C(F)(F)F)C2)ccc1N. The lowest BCUT2D eigenvalue weighted by molar-refractivity contribution is -0.176. The number of alkyl halides is 3. The van der Waals surface area contributed by atoms with Crippen molar-refractivity contribution in [1.82, 2.24) is 4.98 Å². The first-order chi connectivity index (χ1) is 9.77. The van der Waals surface area contributed by atoms with Gasteiger partial charge in [-0.2, -0.15) is 18.2 Å². The molecule has 0 spiro atoms. The highest BCUT2D eigenvalue weighted by molar-refractivity contribution is 5.54. The predicted octanol–water partition coefficient (Wildman–Crippen LogP) is 3.23. The summed E-state index contributed by atoms with van der Waals surface area (Å²) in [5.41, 5.74) is 6.16. The predicted molar refractivity (Wildman–Crippen MR) is 75.4 cm³/mol. The quantitative estimate of drug-likeness (QED) is 0.931. The van der Waals surface area contributed by atoms with Crippen LogP contribution in [-0.4, -0.2) is 30.4 Å². The van der Waals surface area contributed by atoms with Gasteiger partial charge in [0.25, 0.3) is 0 Å². The van der Waals surface area contributed by atoms with Gasteiger partial charge < -0.3 is 15.4 Å². The number of rotatable bonds is 3. The summed E-state index contributed by atoms with van der Waals surface area (Å²) in [6.45, 7) is 4.18. The molecule has 1 saturated heterocycles. The van der Waals surface area contributed by atoms with Crippen LogP contribution in [0.25, 0.3) is 0 Å². The Hall–Kier alpha value is -1.66. The maximum Gasteiger partial charge on any atom is 0.393 e. The Morgan fingerprint density at radius 3 is 2.71 bits per heavy atom. The fourth-order valence-corrected chi connectivity index (χ4v) is 2.39. The third-order valence-electron chi connectivity index (χ3n) is 3.43. The molecule has 0 amide bonds. The van der Waals surface area contributed by atoms with Crippen molar-refractivity contribution in [2.24, 2.45) is 5.92 Å². The minimum atomic E-state index is -4.16. The average Bonchev–Trinajstić information content (AvgIpc) is 2.40. The van der Waals surface area contributed by atoms with E-state index in [4.69, 9.17) is 10.5 Å². The topological polar surface area (TPSA) is 51.4 Å². The summed E-state index contributed by atoms with van der Waals surface area (Å²) >= 11 is 0. The molecule has 7 heteroatoms. The normalized spacial score (nSPS) is 19.9. The molecular formula is C14H20F3N3O. The van der Waals surface area contributed by atoms with Gasteiger partial charge in [0.2, 0.25) is 5.88 Å². The van der Waals surface area contributed by atoms with Crippen LogP contribution in [0.3, 0.4) is 0 Å². The summed E-state index contributed by atoms with van der Waals surface area (Å²) < 4.78 is 44.0. The van der Waals surface area contributed by atoms with Crippen LogP contribution in [-0.2, 0) is 0 Å². The Morgan fingerprint density at radius 1 is 1.38 bits per heavy atom. The second-order valence-electron chi connectivity index (χ2n) is 5.56. The lowest BCUT2D eigenvalue weighted by atomic mass is 9.97. The molecule has 0 bridgehead atoms. The van der Waals surface area contributed by atoms with Gasteiger partial charge in [-0.05, 0) is 38.8 Å². The highest BCUT2D eigenvalue weighted by atomic mass is 19.4. The van der Waals surface area contributed by atoms with E-state index < -0.39 is 12.1 Å². The van der Waals surface area contributed by atoms with Crippen molar-refractivity contribution in [3.8, 4) is 5.88 Å². The van der Waals surface area contributed by atoms with Crippen molar-refractivity contribution in [3.63, 3.8) is 0 Å². The first-order valence-electron chi connectivity index (χ1n) is 7.02. The number of anilines is 2. The zero-order chi connectivity index (χ0) is 15.6. The molecule has 1 aromatic rings. The molecule has 0 saturated carbocycles. The number of nitrogens with zero attached hydrogens (tertiary/aromatic N) is 2. The highest BCUT2D eigenvalue weighted by Crippen LogP contribution is 2.35. The number of nitrogen functional groups attached to an aromatic ring is 1. The summed E-state index contributed by atoms with van der Waals surface area (Å²) in [4.78, 5) is 5.91. The maximum absolute atomic E-state index is 12.9. The Labute approximate surface area is 122 Å². The molecule has 2 heterocycles. The molecule has 0 aliphatic carbocycles. The highest BCUT2D eigenvalue weighted by Gasteiger charge is 2.42. The van der Waals surface area contributed by atoms with Gasteiger partial charge in [0.05, 0.1) is 17.7 Å². The zero-order valence-electron chi connectivity index (χ0n) is 12.2. The number of nitrogens with two attached hydrogens (primary N) is 1. The maximum atomic E-state index is 12.9. The van der Waals surface area contributed by atoms with Gasteiger partial charge in [-0.3, -0.25) is 0 Å². The van der Waals surface area contributed by atoms with Gasteiger partial charge in [0, 0.05) is 13.1 Å². The van der Waals surface area contributed by atoms with Crippen molar-refractivity contribution < 1.29 is 17.9 Å². The van der Waals surface area contributed by atoms with E-state index in [0.717, 1.165) is 0 Å². The van der Waals surface area contributed by atoms with Crippen LogP contribution in [0.5, 0.6) is 5.88 Å². The number of hydrogen-bond acceptors (Lipinski definition) is 4. The van der Waals surface area contributed by atoms with Gasteiger partial charge >= 0.3 is 6.18 Å². The largest absolute Gasteiger partial charge is 0.473 e. The van der Waals surface area contributed by atoms with E-state index in [1.54, 1.807) is 17.0 Å². The van der Waals surface area contributed by atoms with Gasteiger partial charge in [-0.1, -0.05) is 0 Å². The molecule has 2 N–H and O–H groups in total. The molecule has 1 unspecified atom stereocenters. The molecule has 4 nitrogen and oxygen atoms in total. The minimum Gasteiger partial charge on any atom is -0.473 e. The van der Waals surface area contributed by atoms with Crippen LogP contribution >= 0.6 is 0 Å². The standard InChI is InChI=1S/C14H20F3N3O/c1-9(2)21-13-11(18)5-6-12(19-13)20-7-3-4-10(8-20)14(15,16)17/h5-6,9-10H,3-4,7-8,18H2,1-2H3. The summed E-state index contributed by atoms with van der Waals surface area (Å²) in [5.74, 6) is -0.550. The van der Waals surface area contributed by atoms with E-state index in [1.165, 1.54) is 0 Å². The number of piperidine rings is 1. The second-order valence-corrected chi connectivity index (χ2v) is 5.56. The van der Waals surface area contributed by atoms with Gasteiger partial charge in [-0.25, -0.2) is 0 Å². The Bertz CT molecular complexity index is 491. The van der Waals surface area contributed by atoms with Crippen LogP contribution in [0.15, 0.2) is 12.1 Å². The molecule has 1 aliphatic heterocycles. The van der Waals surface area contributed by atoms with Gasteiger partial charge in [-0.15, -0.1) is 0 Å². The molecule has 118 valence electrons. The van der Waals surface area contributed by atoms with Crippen LogP contribution < -0.4 is 15.4 Å². The molecule has 1 aromatic heterocycles. The molecular weight excluding hydrogens is 283 g/mol. The number of aromatic nitrogens is 1. The van der Waals surface area contributed by atoms with Crippen LogP contribution in [0.2, 0.25) is 0 Å². The van der Waals surface area contributed by atoms with E-state index >= 15 is 0 Å². The summed E-state index contributed by atoms with van der Waals surface area (Å²) in [5, 5.41) is 0. The summed E-state index contributed by atoms with van der Waals surface area (Å²) in [6, 6.07) is 3.26. The number of halogens is 3. The average molecular weight is 303 g/mol. The first-order valence-corrected chi connectivity index (χ1v) is 7.02. The van der Waals surface area contributed by atoms with Crippen molar-refractivity contribution in [2.75, 3.05) is 23.7 Å². The van der Waals surface area contributed by atoms with E-state index in [2.05, 4.69) is 4.98 Å². The number of hydrogen-bond donors (Lipinski definition) is 1. The van der Waals surface area contributed by atoms with E-state index in [9.17, 15) is 13.2 Å². The molecule has 1 atom stereocenters. The van der Waals surface area contributed by atoms with Gasteiger partial charge in [0.15, 0.2) is 0 Å². The van der Waals surface area contributed by atoms with Gasteiger partial charge in [0.1, 0.15) is 5.82 Å². The lowest BCUT2D eigenvalue weighted by Gasteiger charge is -2.34. The minimum absolute atomic E-state index is 0.0679. The van der Waals surface area contributed by atoms with Crippen molar-refractivity contribution in [1.29, 1.82) is 0 Å². The zero-order valence-corrected chi connectivity index (χ0v) is 12.2. The smallest absolute Gasteiger partial charge is 0.393 e. The van der Waals surface area contributed by atoms with Crippen molar-refractivity contribution >= 4 is 11.5 Å². The molecule has 0 radical (unpaired) electrons. The summed E-state index contributed by atoms with van der Waals surface area (Å²) in [7, 11) is 0. The van der Waals surface area contributed by atoms with Crippen molar-refractivity contribution in [3.05, 3.63) is 12.1 Å². The van der Waals surface area contributed by atoms with E-state index in [-0.39, 0.29) is 24.9 Å². The summed E-state index contributed by atoms with van der Waals surface area (Å²) in [6.07, 6.45) is -3.59. The van der Waals surface area contributed by atoms with E-state index in [0.29, 0.717) is 24.5 Å². The Morgan fingerprint density at radius 2 is 2.10 bits per heavy atom. The monoisotopic (exact) mass is 303 g/mol. The Balaban J connectivity index is 2.17. The third kappa shape index (κ3) is 3.92. The molecule has 1 aliphatic rings. The van der Waals surface area contributed by atoms with Crippen LogP contribution in [0, 0.1) is 5.92 Å². The van der Waals surface area contributed by atoms with E-state index in [1.807, 2.05) is 13.8 Å². The lowest BCUT2D eigenvalue weighted by Crippen LogP contribution is -2.42. The van der Waals surface area contributed by atoms with Crippen molar-refractivity contribution in [2.45, 2.75) is 39.0 Å². The number of pyridine rings is 1. The second kappa shape index (κ2) is 5.99. The number of ether oxygens (including phenoxy) is 1. The Kier molecular flexibility index (Phi) is 4.49. The fourth-order valence-electron chi connectivity index (χ4n) is 2.39. The van der Waals surface area contributed by atoms with Crippen LogP contribution in [0.4, 0.5) is 24.7 Å².